The number of rotatable bonds is 5. The third kappa shape index (κ3) is 4.39. The number of aromatic nitrogens is 1. The SMILES string of the molecule is Cc1cnc(NC(=O)C2(c3ccc4c(c3)OC(F)(F)O4)CC2)cc1-c1cccc(C(=O)O)c1C(C)(C)C. The number of nitrogens with zero attached hydrogens (tertiary/aromatic N) is 1. The second-order valence-corrected chi connectivity index (χ2v) is 10.5. The fraction of sp³-hybridized carbons (Fsp3) is 0.321. The molecule has 0 atom stereocenters. The Kier molecular flexibility index (Phi) is 5.51. The number of carboxylic acids is 1. The maximum absolute atomic E-state index is 13.4. The molecule has 0 bridgehead atoms. The molecule has 1 saturated carbocycles. The Morgan fingerprint density at radius 2 is 1.73 bits per heavy atom. The van der Waals surface area contributed by atoms with E-state index in [4.69, 9.17) is 0 Å². The Balaban J connectivity index is 1.47. The van der Waals surface area contributed by atoms with E-state index in [1.54, 1.807) is 30.5 Å². The molecule has 5 rings (SSSR count). The van der Waals surface area contributed by atoms with E-state index in [0.29, 0.717) is 29.8 Å². The van der Waals surface area contributed by atoms with E-state index in [1.807, 2.05) is 33.8 Å². The summed E-state index contributed by atoms with van der Waals surface area (Å²) in [4.78, 5) is 29.7. The van der Waals surface area contributed by atoms with Gasteiger partial charge in [-0.2, -0.15) is 0 Å². The molecular formula is C28H26F2N2O5. The number of amides is 1. The monoisotopic (exact) mass is 508 g/mol. The van der Waals surface area contributed by atoms with Gasteiger partial charge in [-0.25, -0.2) is 9.78 Å². The Labute approximate surface area is 212 Å². The summed E-state index contributed by atoms with van der Waals surface area (Å²) >= 11 is 0. The molecule has 0 saturated heterocycles. The number of ether oxygens (including phenoxy) is 2. The molecule has 1 aliphatic heterocycles. The lowest BCUT2D eigenvalue weighted by atomic mass is 9.78. The van der Waals surface area contributed by atoms with Gasteiger partial charge in [0.1, 0.15) is 5.82 Å². The number of anilines is 1. The third-order valence-corrected chi connectivity index (χ3v) is 6.82. The summed E-state index contributed by atoms with van der Waals surface area (Å²) in [6, 6.07) is 11.3. The molecule has 7 nitrogen and oxygen atoms in total. The number of nitrogens with one attached hydrogen (secondary N) is 1. The Morgan fingerprint density at radius 3 is 2.38 bits per heavy atom. The number of aryl methyl sites for hydroxylation is 1. The van der Waals surface area contributed by atoms with E-state index in [-0.39, 0.29) is 23.0 Å². The number of hydrogen-bond acceptors (Lipinski definition) is 5. The quantitative estimate of drug-likeness (QED) is 0.436. The molecule has 2 N–H and O–H groups in total. The number of pyridine rings is 1. The predicted molar refractivity (Wildman–Crippen MR) is 132 cm³/mol. The van der Waals surface area contributed by atoms with Crippen molar-refractivity contribution in [1.82, 2.24) is 4.98 Å². The van der Waals surface area contributed by atoms with E-state index < -0.39 is 23.1 Å². The van der Waals surface area contributed by atoms with Crippen LogP contribution in [0.15, 0.2) is 48.7 Å². The van der Waals surface area contributed by atoms with Gasteiger partial charge in [-0.05, 0) is 77.3 Å². The number of alkyl halides is 2. The molecular weight excluding hydrogens is 482 g/mol. The molecule has 1 aliphatic carbocycles. The molecule has 0 spiro atoms. The summed E-state index contributed by atoms with van der Waals surface area (Å²) in [5.74, 6) is -1.19. The van der Waals surface area contributed by atoms with Gasteiger partial charge in [0, 0.05) is 6.20 Å². The van der Waals surface area contributed by atoms with Crippen LogP contribution in [0.3, 0.4) is 0 Å². The second-order valence-electron chi connectivity index (χ2n) is 10.5. The van der Waals surface area contributed by atoms with E-state index in [1.165, 1.54) is 12.1 Å². The number of halogens is 2. The lowest BCUT2D eigenvalue weighted by Crippen LogP contribution is -2.28. The van der Waals surface area contributed by atoms with Gasteiger partial charge >= 0.3 is 12.3 Å². The molecule has 1 aromatic heterocycles. The summed E-state index contributed by atoms with van der Waals surface area (Å²) < 4.78 is 35.9. The number of aromatic carboxylic acids is 1. The minimum atomic E-state index is -3.73. The van der Waals surface area contributed by atoms with Gasteiger partial charge in [0.05, 0.1) is 11.0 Å². The zero-order valence-electron chi connectivity index (χ0n) is 20.8. The first-order valence-electron chi connectivity index (χ1n) is 11.9. The molecule has 2 aromatic carbocycles. The van der Waals surface area contributed by atoms with Crippen molar-refractivity contribution in [2.24, 2.45) is 0 Å². The van der Waals surface area contributed by atoms with Crippen LogP contribution in [0.4, 0.5) is 14.6 Å². The van der Waals surface area contributed by atoms with Crippen LogP contribution in [0.1, 0.15) is 60.7 Å². The van der Waals surface area contributed by atoms with Crippen molar-refractivity contribution in [2.45, 2.75) is 57.7 Å². The van der Waals surface area contributed by atoms with Gasteiger partial charge < -0.3 is 19.9 Å². The molecule has 2 heterocycles. The summed E-state index contributed by atoms with van der Waals surface area (Å²) in [5.41, 5.74) is 2.45. The van der Waals surface area contributed by atoms with Gasteiger partial charge in [-0.1, -0.05) is 39.0 Å². The number of carboxylic acid groups (broad SMARTS) is 1. The first-order valence-corrected chi connectivity index (χ1v) is 11.9. The molecule has 9 heteroatoms. The van der Waals surface area contributed by atoms with Gasteiger partial charge in [-0.3, -0.25) is 4.79 Å². The lowest BCUT2D eigenvalue weighted by Gasteiger charge is -2.26. The fourth-order valence-corrected chi connectivity index (χ4v) is 4.90. The van der Waals surface area contributed by atoms with E-state index in [0.717, 1.165) is 16.7 Å². The molecule has 3 aromatic rings. The highest BCUT2D eigenvalue weighted by molar-refractivity contribution is 6.01. The van der Waals surface area contributed by atoms with Gasteiger partial charge in [0.15, 0.2) is 11.5 Å². The van der Waals surface area contributed by atoms with Crippen molar-refractivity contribution in [3.8, 4) is 22.6 Å². The lowest BCUT2D eigenvalue weighted by molar-refractivity contribution is -0.286. The number of carbonyl (C=O) groups is 2. The van der Waals surface area contributed by atoms with Gasteiger partial charge in [0.2, 0.25) is 5.91 Å². The van der Waals surface area contributed by atoms with Crippen LogP contribution < -0.4 is 14.8 Å². The molecule has 0 radical (unpaired) electrons. The average molecular weight is 509 g/mol. The van der Waals surface area contributed by atoms with Crippen LogP contribution in [-0.4, -0.2) is 28.3 Å². The van der Waals surface area contributed by atoms with Crippen molar-refractivity contribution in [2.75, 3.05) is 5.32 Å². The van der Waals surface area contributed by atoms with Gasteiger partial charge in [-0.15, -0.1) is 8.78 Å². The third-order valence-electron chi connectivity index (χ3n) is 6.82. The van der Waals surface area contributed by atoms with E-state index in [9.17, 15) is 23.5 Å². The van der Waals surface area contributed by atoms with Crippen LogP contribution >= 0.6 is 0 Å². The Hall–Kier alpha value is -4.01. The molecule has 192 valence electrons. The fourth-order valence-electron chi connectivity index (χ4n) is 4.90. The molecule has 2 aliphatic rings. The summed E-state index contributed by atoms with van der Waals surface area (Å²) in [6.07, 6.45) is -1.01. The molecule has 1 fully saturated rings. The van der Waals surface area contributed by atoms with Crippen molar-refractivity contribution in [3.63, 3.8) is 0 Å². The zero-order valence-corrected chi connectivity index (χ0v) is 20.8. The minimum Gasteiger partial charge on any atom is -0.478 e. The number of fused-ring (bicyclic) bond motifs is 1. The van der Waals surface area contributed by atoms with Crippen molar-refractivity contribution in [3.05, 3.63) is 70.9 Å². The molecule has 0 unspecified atom stereocenters. The maximum Gasteiger partial charge on any atom is 0.586 e. The normalized spacial score (nSPS) is 16.8. The van der Waals surface area contributed by atoms with E-state index in [2.05, 4.69) is 19.8 Å². The Morgan fingerprint density at radius 1 is 1.03 bits per heavy atom. The highest BCUT2D eigenvalue weighted by Gasteiger charge is 2.53. The smallest absolute Gasteiger partial charge is 0.478 e. The number of hydrogen-bond donors (Lipinski definition) is 2. The van der Waals surface area contributed by atoms with Crippen LogP contribution in [0, 0.1) is 6.92 Å². The van der Waals surface area contributed by atoms with Crippen molar-refractivity contribution < 1.29 is 33.0 Å². The van der Waals surface area contributed by atoms with E-state index >= 15 is 0 Å². The Bertz CT molecular complexity index is 1440. The standard InChI is InChI=1S/C28H26F2N2O5/c1-15-14-31-22(13-19(15)17-6-5-7-18(24(33)34)23(17)26(2,3)4)32-25(35)27(10-11-27)16-8-9-20-21(12-16)37-28(29,30)36-20/h5-9,12-14H,10-11H2,1-4H3,(H,33,34)(H,31,32,35). The number of benzene rings is 2. The van der Waals surface area contributed by atoms with Crippen LogP contribution in [0.5, 0.6) is 11.5 Å². The van der Waals surface area contributed by atoms with Crippen molar-refractivity contribution in [1.29, 1.82) is 0 Å². The summed E-state index contributed by atoms with van der Waals surface area (Å²) in [7, 11) is 0. The highest BCUT2D eigenvalue weighted by atomic mass is 19.3. The van der Waals surface area contributed by atoms with Crippen LogP contribution in [0.25, 0.3) is 11.1 Å². The van der Waals surface area contributed by atoms with Crippen molar-refractivity contribution >= 4 is 17.7 Å². The van der Waals surface area contributed by atoms with Crippen LogP contribution in [-0.2, 0) is 15.6 Å². The maximum atomic E-state index is 13.4. The first-order chi connectivity index (χ1) is 17.3. The predicted octanol–water partition coefficient (Wildman–Crippen LogP) is 6.04. The average Bonchev–Trinajstić information content (AvgIpc) is 3.56. The molecule has 37 heavy (non-hydrogen) atoms. The molecule has 1 amide bonds. The number of carbonyl (C=O) groups excluding carboxylic acids is 1. The largest absolute Gasteiger partial charge is 0.586 e. The first kappa shape index (κ1) is 24.7. The highest BCUT2D eigenvalue weighted by Crippen LogP contribution is 2.52. The summed E-state index contributed by atoms with van der Waals surface area (Å²) in [5, 5.41) is 12.7. The van der Waals surface area contributed by atoms with Gasteiger partial charge in [0.25, 0.3) is 0 Å². The minimum absolute atomic E-state index is 0.0759. The topological polar surface area (TPSA) is 97.8 Å². The second kappa shape index (κ2) is 8.26. The summed E-state index contributed by atoms with van der Waals surface area (Å²) in [6.45, 7) is 7.74. The van der Waals surface area contributed by atoms with Crippen LogP contribution in [0.2, 0.25) is 0 Å². The zero-order chi connectivity index (χ0) is 26.8.